The van der Waals surface area contributed by atoms with Crippen LogP contribution in [0, 0.1) is 5.92 Å². The third-order valence-electron chi connectivity index (χ3n) is 3.52. The number of carbonyl (C=O) groups excluding carboxylic acids is 1. The molecule has 2 atom stereocenters. The first-order valence-electron chi connectivity index (χ1n) is 7.37. The highest BCUT2D eigenvalue weighted by atomic mass is 16.4. The van der Waals surface area contributed by atoms with Crippen molar-refractivity contribution in [2.24, 2.45) is 5.92 Å². The summed E-state index contributed by atoms with van der Waals surface area (Å²) >= 11 is 0. The molecule has 5 nitrogen and oxygen atoms in total. The van der Waals surface area contributed by atoms with Crippen LogP contribution in [-0.4, -0.2) is 23.1 Å². The second-order valence-corrected chi connectivity index (χ2v) is 5.25. The maximum Gasteiger partial charge on any atom is 0.326 e. The van der Waals surface area contributed by atoms with E-state index in [2.05, 4.69) is 17.6 Å². The second kappa shape index (κ2) is 8.29. The zero-order chi connectivity index (χ0) is 15.8. The van der Waals surface area contributed by atoms with E-state index in [1.807, 2.05) is 31.2 Å². The Morgan fingerprint density at radius 2 is 1.81 bits per heavy atom. The van der Waals surface area contributed by atoms with Gasteiger partial charge in [0.15, 0.2) is 0 Å². The number of carboxylic acids is 1. The van der Waals surface area contributed by atoms with Crippen LogP contribution in [-0.2, 0) is 11.2 Å². The monoisotopic (exact) mass is 292 g/mol. The average molecular weight is 292 g/mol. The van der Waals surface area contributed by atoms with Crippen LogP contribution in [0.15, 0.2) is 24.3 Å². The number of aryl methyl sites for hydroxylation is 1. The van der Waals surface area contributed by atoms with Gasteiger partial charge in [-0.05, 0) is 30.0 Å². The lowest BCUT2D eigenvalue weighted by Gasteiger charge is -2.20. The molecule has 0 saturated heterocycles. The van der Waals surface area contributed by atoms with Gasteiger partial charge in [-0.15, -0.1) is 0 Å². The molecular formula is C16H24N2O3. The minimum absolute atomic E-state index is 0.125. The smallest absolute Gasteiger partial charge is 0.326 e. The van der Waals surface area contributed by atoms with Crippen molar-refractivity contribution >= 4 is 17.7 Å². The van der Waals surface area contributed by atoms with E-state index in [1.54, 1.807) is 6.92 Å². The van der Waals surface area contributed by atoms with Crippen LogP contribution < -0.4 is 10.6 Å². The molecule has 0 aliphatic carbocycles. The Hall–Kier alpha value is -2.04. The minimum Gasteiger partial charge on any atom is -0.480 e. The second-order valence-electron chi connectivity index (χ2n) is 5.25. The molecule has 3 N–H and O–H groups in total. The Labute approximate surface area is 125 Å². The minimum atomic E-state index is -1.02. The summed E-state index contributed by atoms with van der Waals surface area (Å²) < 4.78 is 0. The molecule has 1 unspecified atom stereocenters. The van der Waals surface area contributed by atoms with Gasteiger partial charge in [0.25, 0.3) is 0 Å². The Balaban J connectivity index is 2.61. The van der Waals surface area contributed by atoms with Crippen molar-refractivity contribution < 1.29 is 14.7 Å². The molecule has 0 saturated carbocycles. The first kappa shape index (κ1) is 17.0. The number of nitrogens with one attached hydrogen (secondary N) is 2. The molecule has 116 valence electrons. The Morgan fingerprint density at radius 1 is 1.19 bits per heavy atom. The Bertz CT molecular complexity index is 471. The van der Waals surface area contributed by atoms with Crippen LogP contribution in [0.5, 0.6) is 0 Å². The van der Waals surface area contributed by atoms with Crippen molar-refractivity contribution in [1.29, 1.82) is 0 Å². The third-order valence-corrected chi connectivity index (χ3v) is 3.52. The van der Waals surface area contributed by atoms with Gasteiger partial charge in [0, 0.05) is 5.69 Å². The molecule has 1 aromatic rings. The fourth-order valence-electron chi connectivity index (χ4n) is 2.03. The van der Waals surface area contributed by atoms with Gasteiger partial charge in [0.2, 0.25) is 0 Å². The van der Waals surface area contributed by atoms with Gasteiger partial charge < -0.3 is 15.7 Å². The summed E-state index contributed by atoms with van der Waals surface area (Å²) in [6.07, 6.45) is 2.76. The molecule has 21 heavy (non-hydrogen) atoms. The quantitative estimate of drug-likeness (QED) is 0.721. The van der Waals surface area contributed by atoms with Crippen LogP contribution in [0.1, 0.15) is 39.2 Å². The number of rotatable bonds is 7. The summed E-state index contributed by atoms with van der Waals surface area (Å²) in [6, 6.07) is 6.19. The molecule has 0 aromatic heterocycles. The van der Waals surface area contributed by atoms with Crippen LogP contribution in [0.25, 0.3) is 0 Å². The number of hydrogen-bond acceptors (Lipinski definition) is 2. The number of hydrogen-bond donors (Lipinski definition) is 3. The number of amides is 2. The lowest BCUT2D eigenvalue weighted by molar-refractivity contribution is -0.140. The fourth-order valence-corrected chi connectivity index (χ4v) is 2.03. The summed E-state index contributed by atoms with van der Waals surface area (Å²) in [5.74, 6) is -1.14. The number of benzene rings is 1. The van der Waals surface area contributed by atoms with E-state index in [4.69, 9.17) is 5.11 Å². The molecule has 0 bridgehead atoms. The average Bonchev–Trinajstić information content (AvgIpc) is 2.46. The number of aliphatic carboxylic acids is 1. The van der Waals surface area contributed by atoms with Crippen LogP contribution in [0.3, 0.4) is 0 Å². The molecule has 1 aromatic carbocycles. The molecule has 2 amide bonds. The molecule has 0 spiro atoms. The van der Waals surface area contributed by atoms with E-state index in [0.29, 0.717) is 12.1 Å². The molecular weight excluding hydrogens is 268 g/mol. The van der Waals surface area contributed by atoms with E-state index < -0.39 is 18.0 Å². The molecule has 0 radical (unpaired) electrons. The predicted molar refractivity (Wildman–Crippen MR) is 83.5 cm³/mol. The summed E-state index contributed by atoms with van der Waals surface area (Å²) in [5, 5.41) is 14.3. The van der Waals surface area contributed by atoms with E-state index in [0.717, 1.165) is 12.8 Å². The topological polar surface area (TPSA) is 78.4 Å². The summed E-state index contributed by atoms with van der Waals surface area (Å²) in [5.41, 5.74) is 1.87. The van der Waals surface area contributed by atoms with Crippen molar-refractivity contribution in [3.63, 3.8) is 0 Å². The van der Waals surface area contributed by atoms with Gasteiger partial charge in [0.05, 0.1) is 0 Å². The standard InChI is InChI=1S/C16H24N2O3/c1-4-6-12-7-9-13(10-8-12)17-16(21)18-14(15(19)20)11(3)5-2/h7-11,14H,4-6H2,1-3H3,(H,19,20)(H2,17,18,21)/t11?,14-/m0/s1. The third kappa shape index (κ3) is 5.45. The molecule has 0 fully saturated rings. The maximum atomic E-state index is 11.9. The van der Waals surface area contributed by atoms with Gasteiger partial charge in [-0.1, -0.05) is 45.7 Å². The first-order valence-corrected chi connectivity index (χ1v) is 7.37. The number of anilines is 1. The van der Waals surface area contributed by atoms with Gasteiger partial charge in [-0.3, -0.25) is 0 Å². The zero-order valence-corrected chi connectivity index (χ0v) is 12.8. The normalized spacial score (nSPS) is 13.3. The van der Waals surface area contributed by atoms with Gasteiger partial charge in [0.1, 0.15) is 6.04 Å². The number of carboxylic acid groups (broad SMARTS) is 1. The largest absolute Gasteiger partial charge is 0.480 e. The van der Waals surface area contributed by atoms with Crippen molar-refractivity contribution in [3.8, 4) is 0 Å². The van der Waals surface area contributed by atoms with Crippen molar-refractivity contribution in [2.75, 3.05) is 5.32 Å². The van der Waals surface area contributed by atoms with E-state index >= 15 is 0 Å². The van der Waals surface area contributed by atoms with Crippen LogP contribution >= 0.6 is 0 Å². The van der Waals surface area contributed by atoms with Gasteiger partial charge in [-0.25, -0.2) is 9.59 Å². The lowest BCUT2D eigenvalue weighted by Crippen LogP contribution is -2.46. The molecule has 5 heteroatoms. The highest BCUT2D eigenvalue weighted by Gasteiger charge is 2.25. The van der Waals surface area contributed by atoms with Crippen molar-refractivity contribution in [2.45, 2.75) is 46.1 Å². The first-order chi connectivity index (χ1) is 9.97. The summed E-state index contributed by atoms with van der Waals surface area (Å²) in [4.78, 5) is 23.0. The van der Waals surface area contributed by atoms with Crippen molar-refractivity contribution in [3.05, 3.63) is 29.8 Å². The number of carbonyl (C=O) groups is 2. The molecule has 1 rings (SSSR count). The summed E-state index contributed by atoms with van der Waals surface area (Å²) in [6.45, 7) is 5.81. The molecule has 0 heterocycles. The lowest BCUT2D eigenvalue weighted by atomic mass is 9.99. The number of urea groups is 1. The molecule has 0 aliphatic rings. The van der Waals surface area contributed by atoms with E-state index in [-0.39, 0.29) is 5.92 Å². The maximum absolute atomic E-state index is 11.9. The van der Waals surface area contributed by atoms with Gasteiger partial charge >= 0.3 is 12.0 Å². The van der Waals surface area contributed by atoms with Crippen LogP contribution in [0.2, 0.25) is 0 Å². The zero-order valence-electron chi connectivity index (χ0n) is 12.8. The summed E-state index contributed by atoms with van der Waals surface area (Å²) in [7, 11) is 0. The highest BCUT2D eigenvalue weighted by Crippen LogP contribution is 2.12. The Morgan fingerprint density at radius 3 is 2.29 bits per heavy atom. The van der Waals surface area contributed by atoms with Crippen molar-refractivity contribution in [1.82, 2.24) is 5.32 Å². The Kier molecular flexibility index (Phi) is 6.72. The fraction of sp³-hybridized carbons (Fsp3) is 0.500. The van der Waals surface area contributed by atoms with Crippen LogP contribution in [0.4, 0.5) is 10.5 Å². The van der Waals surface area contributed by atoms with E-state index in [1.165, 1.54) is 5.56 Å². The predicted octanol–water partition coefficient (Wildman–Crippen LogP) is 3.26. The highest BCUT2D eigenvalue weighted by molar-refractivity contribution is 5.92. The van der Waals surface area contributed by atoms with E-state index in [9.17, 15) is 9.59 Å². The van der Waals surface area contributed by atoms with Gasteiger partial charge in [-0.2, -0.15) is 0 Å². The molecule has 0 aliphatic heterocycles. The SMILES string of the molecule is CCCc1ccc(NC(=O)N[C@H](C(=O)O)C(C)CC)cc1.